The first kappa shape index (κ1) is 7.02. The van der Waals surface area contributed by atoms with E-state index in [1.165, 1.54) is 11.5 Å². The van der Waals surface area contributed by atoms with E-state index in [9.17, 15) is 0 Å². The molecule has 0 saturated heterocycles. The van der Waals surface area contributed by atoms with Crippen LogP contribution in [0.2, 0.25) is 0 Å². The predicted molar refractivity (Wildman–Crippen MR) is 41.1 cm³/mol. The molecule has 0 saturated carbocycles. The van der Waals surface area contributed by atoms with E-state index in [1.54, 1.807) is 11.8 Å². The maximum absolute atomic E-state index is 4.22. The molecule has 0 radical (unpaired) electrons. The van der Waals surface area contributed by atoms with Crippen LogP contribution in [-0.4, -0.2) is 15.6 Å². The van der Waals surface area contributed by atoms with Gasteiger partial charge in [0, 0.05) is 6.42 Å². The summed E-state index contributed by atoms with van der Waals surface area (Å²) in [6.45, 7) is 2.06. The summed E-state index contributed by atoms with van der Waals surface area (Å²) in [6.07, 6.45) is 2.96. The van der Waals surface area contributed by atoms with Crippen LogP contribution in [0.5, 0.6) is 0 Å². The molecule has 50 valence electrons. The Morgan fingerprint density at radius 1 is 1.67 bits per heavy atom. The van der Waals surface area contributed by atoms with Gasteiger partial charge in [0.15, 0.2) is 4.34 Å². The Morgan fingerprint density at radius 3 is 2.78 bits per heavy atom. The van der Waals surface area contributed by atoms with Gasteiger partial charge in [-0.2, -0.15) is 4.37 Å². The molecule has 1 rings (SSSR count). The molecule has 0 fully saturated rings. The zero-order valence-corrected chi connectivity index (χ0v) is 7.05. The molecular formula is C5H8N2S2. The second-order valence-corrected chi connectivity index (χ2v) is 3.34. The van der Waals surface area contributed by atoms with Gasteiger partial charge in [-0.05, 0) is 17.8 Å². The number of aromatic nitrogens is 2. The average Bonchev–Trinajstić information content (AvgIpc) is 2.34. The van der Waals surface area contributed by atoms with Gasteiger partial charge in [-0.25, -0.2) is 4.98 Å². The second kappa shape index (κ2) is 3.17. The lowest BCUT2D eigenvalue weighted by Crippen LogP contribution is -1.80. The molecule has 1 aromatic rings. The molecule has 9 heavy (non-hydrogen) atoms. The topological polar surface area (TPSA) is 25.8 Å². The van der Waals surface area contributed by atoms with Crippen molar-refractivity contribution < 1.29 is 0 Å². The Balaban J connectivity index is 2.74. The average molecular weight is 160 g/mol. The SMILES string of the molecule is CCc1nsc(SC)n1. The molecule has 0 bridgehead atoms. The Bertz CT molecular complexity index is 166. The largest absolute Gasteiger partial charge is 0.213 e. The van der Waals surface area contributed by atoms with Crippen LogP contribution >= 0.6 is 23.3 Å². The standard InChI is InChI=1S/C5H8N2S2/c1-3-4-6-5(8-2)9-7-4/h3H2,1-2H3. The van der Waals surface area contributed by atoms with Gasteiger partial charge in [0.2, 0.25) is 0 Å². The van der Waals surface area contributed by atoms with Gasteiger partial charge in [0.05, 0.1) is 0 Å². The normalized spacial score (nSPS) is 10.0. The van der Waals surface area contributed by atoms with Gasteiger partial charge in [-0.3, -0.25) is 0 Å². The lowest BCUT2D eigenvalue weighted by Gasteiger charge is -1.80. The number of hydrogen-bond acceptors (Lipinski definition) is 4. The smallest absolute Gasteiger partial charge is 0.169 e. The third-order valence-electron chi connectivity index (χ3n) is 0.940. The zero-order valence-electron chi connectivity index (χ0n) is 5.42. The van der Waals surface area contributed by atoms with Crippen LogP contribution in [0.15, 0.2) is 4.34 Å². The van der Waals surface area contributed by atoms with E-state index in [2.05, 4.69) is 16.3 Å². The molecular weight excluding hydrogens is 152 g/mol. The molecule has 4 heteroatoms. The molecule has 0 unspecified atom stereocenters. The van der Waals surface area contributed by atoms with Crippen molar-refractivity contribution in [2.45, 2.75) is 17.7 Å². The van der Waals surface area contributed by atoms with Crippen LogP contribution in [0.1, 0.15) is 12.7 Å². The lowest BCUT2D eigenvalue weighted by molar-refractivity contribution is 0.972. The highest BCUT2D eigenvalue weighted by Crippen LogP contribution is 2.16. The molecule has 0 spiro atoms. The number of aryl methyl sites for hydroxylation is 1. The van der Waals surface area contributed by atoms with Gasteiger partial charge < -0.3 is 0 Å². The van der Waals surface area contributed by atoms with Crippen LogP contribution in [0.4, 0.5) is 0 Å². The van der Waals surface area contributed by atoms with E-state index in [-0.39, 0.29) is 0 Å². The molecule has 0 aliphatic carbocycles. The summed E-state index contributed by atoms with van der Waals surface area (Å²) in [4.78, 5) is 4.22. The predicted octanol–water partition coefficient (Wildman–Crippen LogP) is 1.82. The zero-order chi connectivity index (χ0) is 6.69. The van der Waals surface area contributed by atoms with E-state index >= 15 is 0 Å². The van der Waals surface area contributed by atoms with Gasteiger partial charge in [-0.1, -0.05) is 18.7 Å². The van der Waals surface area contributed by atoms with Crippen molar-refractivity contribution in [1.82, 2.24) is 9.36 Å². The van der Waals surface area contributed by atoms with Gasteiger partial charge >= 0.3 is 0 Å². The minimum Gasteiger partial charge on any atom is -0.213 e. The fraction of sp³-hybridized carbons (Fsp3) is 0.600. The molecule has 0 atom stereocenters. The number of nitrogens with zero attached hydrogens (tertiary/aromatic N) is 2. The summed E-state index contributed by atoms with van der Waals surface area (Å²) >= 11 is 3.13. The molecule has 2 nitrogen and oxygen atoms in total. The second-order valence-electron chi connectivity index (χ2n) is 1.53. The number of thioether (sulfide) groups is 1. The quantitative estimate of drug-likeness (QED) is 0.617. The van der Waals surface area contributed by atoms with Crippen molar-refractivity contribution in [2.75, 3.05) is 6.26 Å². The third-order valence-corrected chi connectivity index (χ3v) is 2.65. The van der Waals surface area contributed by atoms with Crippen molar-refractivity contribution in [3.05, 3.63) is 5.82 Å². The van der Waals surface area contributed by atoms with E-state index in [1.807, 2.05) is 6.26 Å². The van der Waals surface area contributed by atoms with Gasteiger partial charge in [0.25, 0.3) is 0 Å². The lowest BCUT2D eigenvalue weighted by atomic mass is 10.5. The summed E-state index contributed by atoms with van der Waals surface area (Å²) in [6, 6.07) is 0. The highest BCUT2D eigenvalue weighted by Gasteiger charge is 1.97. The number of hydrogen-bond donors (Lipinski definition) is 0. The molecule has 0 N–H and O–H groups in total. The highest BCUT2D eigenvalue weighted by atomic mass is 32.2. The Morgan fingerprint density at radius 2 is 2.44 bits per heavy atom. The number of rotatable bonds is 2. The molecule has 0 amide bonds. The molecule has 0 aromatic carbocycles. The summed E-state index contributed by atoms with van der Waals surface area (Å²) in [5.41, 5.74) is 0. The van der Waals surface area contributed by atoms with Crippen LogP contribution in [-0.2, 0) is 6.42 Å². The Kier molecular flexibility index (Phi) is 2.48. The summed E-state index contributed by atoms with van der Waals surface area (Å²) in [5.74, 6) is 0.962. The fourth-order valence-electron chi connectivity index (χ4n) is 0.464. The Labute approximate surface area is 62.9 Å². The van der Waals surface area contributed by atoms with Crippen molar-refractivity contribution in [3.63, 3.8) is 0 Å². The first-order chi connectivity index (χ1) is 4.36. The summed E-state index contributed by atoms with van der Waals surface area (Å²) in [5, 5.41) is 0. The third kappa shape index (κ3) is 1.66. The van der Waals surface area contributed by atoms with E-state index in [0.29, 0.717) is 0 Å². The van der Waals surface area contributed by atoms with Crippen LogP contribution in [0.3, 0.4) is 0 Å². The first-order valence-corrected chi connectivity index (χ1v) is 4.73. The van der Waals surface area contributed by atoms with Gasteiger partial charge in [0.1, 0.15) is 5.82 Å². The molecule has 1 heterocycles. The van der Waals surface area contributed by atoms with Crippen LogP contribution in [0, 0.1) is 0 Å². The van der Waals surface area contributed by atoms with E-state index < -0.39 is 0 Å². The molecule has 1 aromatic heterocycles. The fourth-order valence-corrected chi connectivity index (χ4v) is 1.57. The van der Waals surface area contributed by atoms with E-state index in [4.69, 9.17) is 0 Å². The van der Waals surface area contributed by atoms with Gasteiger partial charge in [-0.15, -0.1) is 0 Å². The summed E-state index contributed by atoms with van der Waals surface area (Å²) < 4.78 is 5.18. The summed E-state index contributed by atoms with van der Waals surface area (Å²) in [7, 11) is 0. The highest BCUT2D eigenvalue weighted by molar-refractivity contribution is 8.00. The Hall–Kier alpha value is -0.0900. The van der Waals surface area contributed by atoms with Crippen molar-refractivity contribution in [1.29, 1.82) is 0 Å². The van der Waals surface area contributed by atoms with Crippen LogP contribution < -0.4 is 0 Å². The van der Waals surface area contributed by atoms with Crippen LogP contribution in [0.25, 0.3) is 0 Å². The first-order valence-electron chi connectivity index (χ1n) is 2.73. The maximum Gasteiger partial charge on any atom is 0.169 e. The molecule has 0 aliphatic heterocycles. The monoisotopic (exact) mass is 160 g/mol. The van der Waals surface area contributed by atoms with Crippen molar-refractivity contribution in [3.8, 4) is 0 Å². The minimum absolute atomic E-state index is 0.942. The van der Waals surface area contributed by atoms with E-state index in [0.717, 1.165) is 16.6 Å². The molecule has 0 aliphatic rings. The maximum atomic E-state index is 4.22. The van der Waals surface area contributed by atoms with Crippen molar-refractivity contribution in [2.24, 2.45) is 0 Å². The minimum atomic E-state index is 0.942. The van der Waals surface area contributed by atoms with Crippen molar-refractivity contribution >= 4 is 23.3 Å².